The van der Waals surface area contributed by atoms with E-state index in [1.165, 1.54) is 18.2 Å². The maximum absolute atomic E-state index is 12.7. The molecule has 1 atom stereocenters. The van der Waals surface area contributed by atoms with Crippen molar-refractivity contribution in [2.75, 3.05) is 6.61 Å². The van der Waals surface area contributed by atoms with Crippen LogP contribution in [-0.2, 0) is 20.7 Å². The van der Waals surface area contributed by atoms with E-state index in [0.29, 0.717) is 5.56 Å². The van der Waals surface area contributed by atoms with Gasteiger partial charge < -0.3 is 10.1 Å². The summed E-state index contributed by atoms with van der Waals surface area (Å²) >= 11 is 0. The monoisotopic (exact) mass is 490 g/mol. The van der Waals surface area contributed by atoms with Crippen molar-refractivity contribution in [2.45, 2.75) is 12.5 Å². The Labute approximate surface area is 205 Å². The lowest BCUT2D eigenvalue weighted by Gasteiger charge is -2.18. The number of non-ortho nitro benzene ring substituents is 1. The quantitative estimate of drug-likeness (QED) is 0.235. The van der Waals surface area contributed by atoms with Crippen LogP contribution < -0.4 is 16.2 Å². The van der Waals surface area contributed by atoms with Crippen molar-refractivity contribution in [3.05, 3.63) is 112 Å². The molecule has 0 fully saturated rings. The molecule has 0 aromatic heterocycles. The average Bonchev–Trinajstić information content (AvgIpc) is 2.91. The zero-order valence-electron chi connectivity index (χ0n) is 18.9. The number of benzene rings is 3. The molecular formula is C25H22N4O7. The summed E-state index contributed by atoms with van der Waals surface area (Å²) in [5.74, 6) is -2.98. The van der Waals surface area contributed by atoms with Gasteiger partial charge in [-0.25, -0.2) is 4.79 Å². The third kappa shape index (κ3) is 7.48. The number of nitrogens with one attached hydrogen (secondary N) is 3. The van der Waals surface area contributed by atoms with Crippen LogP contribution in [0.1, 0.15) is 26.3 Å². The van der Waals surface area contributed by atoms with E-state index in [-0.39, 0.29) is 17.7 Å². The second kappa shape index (κ2) is 12.4. The molecule has 11 heteroatoms. The number of amides is 3. The molecule has 0 aliphatic rings. The van der Waals surface area contributed by atoms with Crippen molar-refractivity contribution in [2.24, 2.45) is 0 Å². The number of nitrogens with zero attached hydrogens (tertiary/aromatic N) is 1. The van der Waals surface area contributed by atoms with Crippen LogP contribution in [0.3, 0.4) is 0 Å². The molecule has 184 valence electrons. The topological polar surface area (TPSA) is 157 Å². The first-order valence-corrected chi connectivity index (χ1v) is 10.7. The highest BCUT2D eigenvalue weighted by Crippen LogP contribution is 2.12. The minimum Gasteiger partial charge on any atom is -0.454 e. The number of hydrogen-bond acceptors (Lipinski definition) is 7. The maximum Gasteiger partial charge on any atom is 0.329 e. The van der Waals surface area contributed by atoms with Gasteiger partial charge in [-0.15, -0.1) is 0 Å². The molecule has 0 saturated heterocycles. The number of esters is 1. The summed E-state index contributed by atoms with van der Waals surface area (Å²) in [7, 11) is 0. The first kappa shape index (κ1) is 25.6. The molecule has 0 spiro atoms. The number of nitro benzene ring substituents is 1. The van der Waals surface area contributed by atoms with E-state index in [1.54, 1.807) is 54.6 Å². The summed E-state index contributed by atoms with van der Waals surface area (Å²) in [6, 6.07) is 21.1. The van der Waals surface area contributed by atoms with E-state index in [1.807, 2.05) is 6.07 Å². The zero-order chi connectivity index (χ0) is 25.9. The summed E-state index contributed by atoms with van der Waals surface area (Å²) in [4.78, 5) is 59.7. The minimum absolute atomic E-state index is 0.0481. The van der Waals surface area contributed by atoms with E-state index in [0.717, 1.165) is 11.6 Å². The molecule has 3 aromatic rings. The van der Waals surface area contributed by atoms with E-state index < -0.39 is 41.3 Å². The van der Waals surface area contributed by atoms with Crippen molar-refractivity contribution in [1.82, 2.24) is 16.2 Å². The van der Waals surface area contributed by atoms with Gasteiger partial charge in [0.25, 0.3) is 23.4 Å². The lowest BCUT2D eigenvalue weighted by Crippen LogP contribution is -2.46. The van der Waals surface area contributed by atoms with Crippen LogP contribution in [0.5, 0.6) is 0 Å². The van der Waals surface area contributed by atoms with Crippen LogP contribution in [0.25, 0.3) is 0 Å². The third-order valence-corrected chi connectivity index (χ3v) is 4.89. The van der Waals surface area contributed by atoms with E-state index in [2.05, 4.69) is 16.2 Å². The number of nitro groups is 1. The number of hydrazine groups is 1. The number of carbonyl (C=O) groups is 4. The lowest BCUT2D eigenvalue weighted by molar-refractivity contribution is -0.384. The average molecular weight is 490 g/mol. The maximum atomic E-state index is 12.7. The third-order valence-electron chi connectivity index (χ3n) is 4.89. The fourth-order valence-electron chi connectivity index (χ4n) is 3.11. The van der Waals surface area contributed by atoms with Gasteiger partial charge in [0.1, 0.15) is 6.04 Å². The summed E-state index contributed by atoms with van der Waals surface area (Å²) in [6.45, 7) is -0.736. The van der Waals surface area contributed by atoms with Crippen LogP contribution in [0.2, 0.25) is 0 Å². The van der Waals surface area contributed by atoms with E-state index in [4.69, 9.17) is 4.74 Å². The van der Waals surface area contributed by atoms with Crippen LogP contribution >= 0.6 is 0 Å². The summed E-state index contributed by atoms with van der Waals surface area (Å²) in [5.41, 5.74) is 4.94. The van der Waals surface area contributed by atoms with Gasteiger partial charge in [0.05, 0.1) is 4.92 Å². The molecule has 3 N–H and O–H groups in total. The Kier molecular flexibility index (Phi) is 8.82. The first-order valence-electron chi connectivity index (χ1n) is 10.7. The predicted octanol–water partition coefficient (Wildman–Crippen LogP) is 1.94. The highest BCUT2D eigenvalue weighted by molar-refractivity contribution is 5.97. The minimum atomic E-state index is -1.08. The smallest absolute Gasteiger partial charge is 0.329 e. The van der Waals surface area contributed by atoms with Crippen molar-refractivity contribution < 1.29 is 28.8 Å². The SMILES string of the molecule is O=C(COC(=O)C(Cc1ccccc1)NC(=O)c1ccccc1)NNC(=O)c1cccc([N+](=O)[O-])c1. The Morgan fingerprint density at radius 3 is 2.11 bits per heavy atom. The highest BCUT2D eigenvalue weighted by Gasteiger charge is 2.24. The Bertz CT molecular complexity index is 1250. The van der Waals surface area contributed by atoms with Gasteiger partial charge in [0, 0.05) is 29.7 Å². The van der Waals surface area contributed by atoms with E-state index >= 15 is 0 Å². The fourth-order valence-corrected chi connectivity index (χ4v) is 3.11. The molecule has 0 aliphatic heterocycles. The van der Waals surface area contributed by atoms with Crippen LogP contribution in [0, 0.1) is 10.1 Å². The molecule has 0 heterocycles. The van der Waals surface area contributed by atoms with Crippen LogP contribution in [-0.4, -0.2) is 41.3 Å². The van der Waals surface area contributed by atoms with Gasteiger partial charge in [-0.2, -0.15) is 0 Å². The standard InChI is InChI=1S/C25H22N4O7/c30-22(27-28-24(32)19-12-7-13-20(15-19)29(34)35)16-36-25(33)21(14-17-8-3-1-4-9-17)26-23(31)18-10-5-2-6-11-18/h1-13,15,21H,14,16H2,(H,26,31)(H,27,30)(H,28,32). The Morgan fingerprint density at radius 1 is 0.806 bits per heavy atom. The molecule has 36 heavy (non-hydrogen) atoms. The van der Waals surface area contributed by atoms with Crippen LogP contribution in [0.15, 0.2) is 84.9 Å². The first-order chi connectivity index (χ1) is 17.3. The Balaban J connectivity index is 1.56. The number of ether oxygens (including phenoxy) is 1. The van der Waals surface area contributed by atoms with E-state index in [9.17, 15) is 29.3 Å². The molecule has 3 amide bonds. The van der Waals surface area contributed by atoms with Crippen molar-refractivity contribution in [3.8, 4) is 0 Å². The fraction of sp³-hybridized carbons (Fsp3) is 0.120. The van der Waals surface area contributed by atoms with Gasteiger partial charge in [-0.05, 0) is 23.8 Å². The molecule has 11 nitrogen and oxygen atoms in total. The van der Waals surface area contributed by atoms with Crippen molar-refractivity contribution in [3.63, 3.8) is 0 Å². The molecule has 0 aliphatic carbocycles. The number of hydrogen-bond donors (Lipinski definition) is 3. The van der Waals surface area contributed by atoms with Crippen molar-refractivity contribution >= 4 is 29.4 Å². The highest BCUT2D eigenvalue weighted by atomic mass is 16.6. The van der Waals surface area contributed by atoms with Crippen molar-refractivity contribution in [1.29, 1.82) is 0 Å². The molecule has 3 aromatic carbocycles. The lowest BCUT2D eigenvalue weighted by atomic mass is 10.1. The Morgan fingerprint density at radius 2 is 1.44 bits per heavy atom. The molecule has 0 saturated carbocycles. The molecule has 1 unspecified atom stereocenters. The zero-order valence-corrected chi connectivity index (χ0v) is 18.9. The summed E-state index contributed by atoms with van der Waals surface area (Å²) in [5, 5.41) is 13.5. The van der Waals surface area contributed by atoms with Gasteiger partial charge in [-0.3, -0.25) is 35.3 Å². The van der Waals surface area contributed by atoms with Gasteiger partial charge in [-0.1, -0.05) is 54.6 Å². The summed E-state index contributed by atoms with van der Waals surface area (Å²) < 4.78 is 5.06. The van der Waals surface area contributed by atoms with Gasteiger partial charge >= 0.3 is 5.97 Å². The molecule has 0 radical (unpaired) electrons. The largest absolute Gasteiger partial charge is 0.454 e. The number of rotatable bonds is 9. The second-order valence-corrected chi connectivity index (χ2v) is 7.50. The predicted molar refractivity (Wildman–Crippen MR) is 128 cm³/mol. The van der Waals surface area contributed by atoms with Crippen LogP contribution in [0.4, 0.5) is 5.69 Å². The molecular weight excluding hydrogens is 468 g/mol. The Hall–Kier alpha value is -5.06. The normalized spacial score (nSPS) is 11.0. The van der Waals surface area contributed by atoms with Gasteiger partial charge in [0.15, 0.2) is 6.61 Å². The molecule has 0 bridgehead atoms. The number of carbonyl (C=O) groups excluding carboxylic acids is 4. The summed E-state index contributed by atoms with van der Waals surface area (Å²) in [6.07, 6.45) is 0.128. The second-order valence-electron chi connectivity index (χ2n) is 7.50. The molecule has 3 rings (SSSR count). The van der Waals surface area contributed by atoms with Gasteiger partial charge in [0.2, 0.25) is 0 Å².